The summed E-state index contributed by atoms with van der Waals surface area (Å²) in [6.07, 6.45) is 3.17. The van der Waals surface area contributed by atoms with Crippen LogP contribution in [0, 0.1) is 11.6 Å². The van der Waals surface area contributed by atoms with Crippen molar-refractivity contribution in [2.75, 3.05) is 25.0 Å². The van der Waals surface area contributed by atoms with E-state index in [1.165, 1.54) is 6.07 Å². The summed E-state index contributed by atoms with van der Waals surface area (Å²) in [7, 11) is 0. The van der Waals surface area contributed by atoms with Crippen molar-refractivity contribution in [3.63, 3.8) is 0 Å². The van der Waals surface area contributed by atoms with Crippen LogP contribution in [-0.4, -0.2) is 36.5 Å². The third kappa shape index (κ3) is 3.74. The Morgan fingerprint density at radius 2 is 2.15 bits per heavy atom. The first-order chi connectivity index (χ1) is 9.60. The summed E-state index contributed by atoms with van der Waals surface area (Å²) in [5.74, 6) is -2.14. The fourth-order valence-electron chi connectivity index (χ4n) is 2.49. The molecule has 110 valence electrons. The van der Waals surface area contributed by atoms with Crippen LogP contribution in [0.3, 0.4) is 0 Å². The Labute approximate surface area is 116 Å². The van der Waals surface area contributed by atoms with Crippen molar-refractivity contribution in [2.24, 2.45) is 5.73 Å². The van der Waals surface area contributed by atoms with Crippen LogP contribution in [0.5, 0.6) is 0 Å². The number of carbonyl (C=O) groups is 1. The van der Waals surface area contributed by atoms with Gasteiger partial charge in [0.1, 0.15) is 0 Å². The molecule has 1 amide bonds. The lowest BCUT2D eigenvalue weighted by molar-refractivity contribution is -0.118. The molecule has 1 fully saturated rings. The van der Waals surface area contributed by atoms with Gasteiger partial charge in [0.05, 0.1) is 6.54 Å². The number of benzene rings is 1. The maximum atomic E-state index is 13.1. The van der Waals surface area contributed by atoms with E-state index in [4.69, 9.17) is 5.73 Å². The molecule has 1 aromatic rings. The molecule has 1 heterocycles. The number of rotatable bonds is 4. The molecule has 0 aliphatic carbocycles. The van der Waals surface area contributed by atoms with Crippen molar-refractivity contribution in [3.8, 4) is 0 Å². The lowest BCUT2D eigenvalue weighted by atomic mass is 10.0. The van der Waals surface area contributed by atoms with Crippen LogP contribution in [0.2, 0.25) is 0 Å². The van der Waals surface area contributed by atoms with Gasteiger partial charge in [-0.25, -0.2) is 8.78 Å². The average Bonchev–Trinajstić information content (AvgIpc) is 2.43. The van der Waals surface area contributed by atoms with E-state index in [0.29, 0.717) is 6.54 Å². The number of hydrogen-bond donors (Lipinski definition) is 2. The number of nitrogens with zero attached hydrogens (tertiary/aromatic N) is 1. The minimum absolute atomic E-state index is 0.222. The Kier molecular flexibility index (Phi) is 5.03. The quantitative estimate of drug-likeness (QED) is 0.884. The molecule has 1 aliphatic rings. The van der Waals surface area contributed by atoms with Crippen molar-refractivity contribution in [1.82, 2.24) is 4.90 Å². The largest absolute Gasteiger partial charge is 0.329 e. The molecule has 1 atom stereocenters. The first-order valence-corrected chi connectivity index (χ1v) is 6.79. The van der Waals surface area contributed by atoms with E-state index in [9.17, 15) is 13.6 Å². The SMILES string of the molecule is NCC1CCCCN1CC(=O)Nc1ccc(F)c(F)c1. The number of anilines is 1. The highest BCUT2D eigenvalue weighted by atomic mass is 19.2. The van der Waals surface area contributed by atoms with Gasteiger partial charge in [-0.15, -0.1) is 0 Å². The Morgan fingerprint density at radius 3 is 2.85 bits per heavy atom. The van der Waals surface area contributed by atoms with Gasteiger partial charge in [-0.1, -0.05) is 6.42 Å². The minimum Gasteiger partial charge on any atom is -0.329 e. The van der Waals surface area contributed by atoms with E-state index in [1.54, 1.807) is 0 Å². The van der Waals surface area contributed by atoms with E-state index in [1.807, 2.05) is 4.90 Å². The summed E-state index contributed by atoms with van der Waals surface area (Å²) >= 11 is 0. The minimum atomic E-state index is -0.972. The van der Waals surface area contributed by atoms with Crippen molar-refractivity contribution < 1.29 is 13.6 Å². The number of amides is 1. The Hall–Kier alpha value is -1.53. The zero-order chi connectivity index (χ0) is 14.5. The summed E-state index contributed by atoms with van der Waals surface area (Å²) in [5, 5.41) is 2.57. The maximum Gasteiger partial charge on any atom is 0.238 e. The molecule has 0 spiro atoms. The summed E-state index contributed by atoms with van der Waals surface area (Å²) < 4.78 is 25.8. The molecule has 0 radical (unpaired) electrons. The smallest absolute Gasteiger partial charge is 0.238 e. The summed E-state index contributed by atoms with van der Waals surface area (Å²) in [6, 6.07) is 3.53. The summed E-state index contributed by atoms with van der Waals surface area (Å²) in [6.45, 7) is 1.59. The standard InChI is InChI=1S/C14H19F2N3O/c15-12-5-4-10(7-13(12)16)18-14(20)9-19-6-2-1-3-11(19)8-17/h4-5,7,11H,1-3,6,8-9,17H2,(H,18,20). The molecule has 4 nitrogen and oxygen atoms in total. The zero-order valence-electron chi connectivity index (χ0n) is 11.2. The van der Waals surface area contributed by atoms with Crippen LogP contribution in [-0.2, 0) is 4.79 Å². The first-order valence-electron chi connectivity index (χ1n) is 6.79. The fourth-order valence-corrected chi connectivity index (χ4v) is 2.49. The van der Waals surface area contributed by atoms with E-state index < -0.39 is 11.6 Å². The highest BCUT2D eigenvalue weighted by molar-refractivity contribution is 5.92. The average molecular weight is 283 g/mol. The molecule has 1 saturated heterocycles. The van der Waals surface area contributed by atoms with Gasteiger partial charge in [0.15, 0.2) is 11.6 Å². The number of piperidine rings is 1. The number of halogens is 2. The third-order valence-corrected chi connectivity index (χ3v) is 3.57. The lowest BCUT2D eigenvalue weighted by Gasteiger charge is -2.34. The van der Waals surface area contributed by atoms with Gasteiger partial charge in [-0.05, 0) is 31.5 Å². The molecule has 20 heavy (non-hydrogen) atoms. The summed E-state index contributed by atoms with van der Waals surface area (Å²) in [5.41, 5.74) is 5.95. The molecule has 6 heteroatoms. The van der Waals surface area contributed by atoms with Crippen LogP contribution in [0.1, 0.15) is 19.3 Å². The van der Waals surface area contributed by atoms with Gasteiger partial charge in [0.2, 0.25) is 5.91 Å². The van der Waals surface area contributed by atoms with Gasteiger partial charge in [-0.3, -0.25) is 9.69 Å². The van der Waals surface area contributed by atoms with E-state index in [2.05, 4.69) is 5.32 Å². The number of nitrogens with two attached hydrogens (primary N) is 1. The molecule has 1 aromatic carbocycles. The summed E-state index contributed by atoms with van der Waals surface area (Å²) in [4.78, 5) is 14.0. The highest BCUT2D eigenvalue weighted by Crippen LogP contribution is 2.17. The molecule has 0 saturated carbocycles. The number of hydrogen-bond acceptors (Lipinski definition) is 3. The van der Waals surface area contributed by atoms with Crippen molar-refractivity contribution in [2.45, 2.75) is 25.3 Å². The molecule has 3 N–H and O–H groups in total. The van der Waals surface area contributed by atoms with Crippen LogP contribution in [0.25, 0.3) is 0 Å². The second-order valence-corrected chi connectivity index (χ2v) is 5.03. The molecule has 1 unspecified atom stereocenters. The third-order valence-electron chi connectivity index (χ3n) is 3.57. The first kappa shape index (κ1) is 14.9. The second-order valence-electron chi connectivity index (χ2n) is 5.03. The van der Waals surface area contributed by atoms with Gasteiger partial charge >= 0.3 is 0 Å². The van der Waals surface area contributed by atoms with Crippen molar-refractivity contribution in [3.05, 3.63) is 29.8 Å². The van der Waals surface area contributed by atoms with Gasteiger partial charge < -0.3 is 11.1 Å². The zero-order valence-corrected chi connectivity index (χ0v) is 11.2. The molecule has 0 bridgehead atoms. The van der Waals surface area contributed by atoms with Gasteiger partial charge in [0.25, 0.3) is 0 Å². The molecule has 0 aromatic heterocycles. The Balaban J connectivity index is 1.92. The highest BCUT2D eigenvalue weighted by Gasteiger charge is 2.23. The second kappa shape index (κ2) is 6.76. The van der Waals surface area contributed by atoms with Crippen LogP contribution in [0.15, 0.2) is 18.2 Å². The molecule has 2 rings (SSSR count). The Bertz CT molecular complexity index is 481. The van der Waals surface area contributed by atoms with Crippen LogP contribution < -0.4 is 11.1 Å². The molecular weight excluding hydrogens is 264 g/mol. The van der Waals surface area contributed by atoms with E-state index in [-0.39, 0.29) is 24.2 Å². The normalized spacial score (nSPS) is 19.9. The van der Waals surface area contributed by atoms with Gasteiger partial charge in [-0.2, -0.15) is 0 Å². The Morgan fingerprint density at radius 1 is 1.35 bits per heavy atom. The lowest BCUT2D eigenvalue weighted by Crippen LogP contribution is -2.47. The fraction of sp³-hybridized carbons (Fsp3) is 0.500. The molecule has 1 aliphatic heterocycles. The molecular formula is C14H19F2N3O. The van der Waals surface area contributed by atoms with Crippen LogP contribution in [0.4, 0.5) is 14.5 Å². The monoisotopic (exact) mass is 283 g/mol. The number of nitrogens with one attached hydrogen (secondary N) is 1. The topological polar surface area (TPSA) is 58.4 Å². The van der Waals surface area contributed by atoms with E-state index in [0.717, 1.165) is 37.9 Å². The van der Waals surface area contributed by atoms with Crippen molar-refractivity contribution >= 4 is 11.6 Å². The number of likely N-dealkylation sites (tertiary alicyclic amines) is 1. The maximum absolute atomic E-state index is 13.1. The van der Waals surface area contributed by atoms with E-state index >= 15 is 0 Å². The number of carbonyl (C=O) groups excluding carboxylic acids is 1. The van der Waals surface area contributed by atoms with Gasteiger partial charge in [0, 0.05) is 24.3 Å². The predicted molar refractivity (Wildman–Crippen MR) is 73.3 cm³/mol. The van der Waals surface area contributed by atoms with Crippen LogP contribution >= 0.6 is 0 Å². The predicted octanol–water partition coefficient (Wildman–Crippen LogP) is 1.72. The van der Waals surface area contributed by atoms with Crippen molar-refractivity contribution in [1.29, 1.82) is 0 Å².